The van der Waals surface area contributed by atoms with E-state index in [1.807, 2.05) is 60.8 Å². The molecule has 0 bridgehead atoms. The largest absolute Gasteiger partial charge is 0.487 e. The molecule has 39 heavy (non-hydrogen) atoms. The predicted molar refractivity (Wildman–Crippen MR) is 153 cm³/mol. The zero-order chi connectivity index (χ0) is 26.4. The van der Waals surface area contributed by atoms with E-state index in [-0.39, 0.29) is 12.4 Å². The van der Waals surface area contributed by atoms with E-state index in [1.54, 1.807) is 35.0 Å². The number of ether oxygens (including phenoxy) is 1. The summed E-state index contributed by atoms with van der Waals surface area (Å²) in [7, 11) is 0. The van der Waals surface area contributed by atoms with Crippen LogP contribution in [0, 0.1) is 0 Å². The van der Waals surface area contributed by atoms with Gasteiger partial charge in [0.25, 0.3) is 0 Å². The topological polar surface area (TPSA) is 73.1 Å². The fourth-order valence-corrected chi connectivity index (χ4v) is 4.81. The van der Waals surface area contributed by atoms with Crippen LogP contribution in [0.5, 0.6) is 5.75 Å². The molecule has 0 saturated carbocycles. The van der Waals surface area contributed by atoms with Crippen LogP contribution in [0.1, 0.15) is 40.9 Å². The van der Waals surface area contributed by atoms with Crippen LogP contribution in [0.2, 0.25) is 0 Å². The first kappa shape index (κ1) is 24.6. The highest BCUT2D eigenvalue weighted by atomic mass is 16.5. The van der Waals surface area contributed by atoms with Crippen LogP contribution < -0.4 is 9.64 Å². The SMILES string of the molecule is O=C(/C=C/c1cc2ccccc2nc1N1CCCCC1)c1ccc(OCc2cn(-c3ccccc3)nn2)cc1. The number of para-hydroxylation sites is 2. The van der Waals surface area contributed by atoms with Crippen molar-refractivity contribution in [2.45, 2.75) is 25.9 Å². The van der Waals surface area contributed by atoms with Gasteiger partial charge in [-0.25, -0.2) is 9.67 Å². The van der Waals surface area contributed by atoms with Crippen molar-refractivity contribution in [1.82, 2.24) is 20.0 Å². The Morgan fingerprint density at radius 1 is 0.897 bits per heavy atom. The van der Waals surface area contributed by atoms with Crippen molar-refractivity contribution in [3.8, 4) is 11.4 Å². The molecule has 6 rings (SSSR count). The van der Waals surface area contributed by atoms with Crippen molar-refractivity contribution in [1.29, 1.82) is 0 Å². The Kier molecular flexibility index (Phi) is 7.12. The van der Waals surface area contributed by atoms with Gasteiger partial charge in [0.2, 0.25) is 0 Å². The van der Waals surface area contributed by atoms with Crippen LogP contribution in [-0.2, 0) is 6.61 Å². The fourth-order valence-electron chi connectivity index (χ4n) is 4.81. The van der Waals surface area contributed by atoms with Crippen LogP contribution in [-0.4, -0.2) is 38.9 Å². The van der Waals surface area contributed by atoms with Gasteiger partial charge in [-0.1, -0.05) is 41.6 Å². The van der Waals surface area contributed by atoms with E-state index in [2.05, 4.69) is 27.3 Å². The van der Waals surface area contributed by atoms with Crippen LogP contribution in [0.25, 0.3) is 22.7 Å². The third kappa shape index (κ3) is 5.72. The highest BCUT2D eigenvalue weighted by Gasteiger charge is 2.16. The number of ketones is 1. The number of pyridine rings is 1. The van der Waals surface area contributed by atoms with Gasteiger partial charge < -0.3 is 9.64 Å². The minimum atomic E-state index is -0.0647. The Morgan fingerprint density at radius 2 is 1.67 bits per heavy atom. The number of carbonyl (C=O) groups is 1. The zero-order valence-electron chi connectivity index (χ0n) is 21.6. The number of hydrogen-bond donors (Lipinski definition) is 0. The van der Waals surface area contributed by atoms with Gasteiger partial charge in [-0.05, 0) is 79.9 Å². The Bertz CT molecular complexity index is 1600. The number of aromatic nitrogens is 4. The summed E-state index contributed by atoms with van der Waals surface area (Å²) in [5.74, 6) is 1.55. The fraction of sp³-hybridized carbons (Fsp3) is 0.188. The van der Waals surface area contributed by atoms with E-state index in [4.69, 9.17) is 9.72 Å². The molecule has 0 atom stereocenters. The lowest BCUT2D eigenvalue weighted by atomic mass is 10.1. The van der Waals surface area contributed by atoms with E-state index in [9.17, 15) is 4.79 Å². The van der Waals surface area contributed by atoms with Crippen molar-refractivity contribution in [2.24, 2.45) is 0 Å². The lowest BCUT2D eigenvalue weighted by Crippen LogP contribution is -2.30. The number of piperidine rings is 1. The van der Waals surface area contributed by atoms with Gasteiger partial charge in [0, 0.05) is 29.6 Å². The average Bonchev–Trinajstić information content (AvgIpc) is 3.49. The maximum atomic E-state index is 13.0. The molecule has 0 amide bonds. The maximum absolute atomic E-state index is 13.0. The molecule has 7 heteroatoms. The lowest BCUT2D eigenvalue weighted by Gasteiger charge is -2.29. The summed E-state index contributed by atoms with van der Waals surface area (Å²) in [5.41, 5.74) is 4.19. The first-order chi connectivity index (χ1) is 19.2. The quantitative estimate of drug-likeness (QED) is 0.179. The summed E-state index contributed by atoms with van der Waals surface area (Å²) in [6, 6.07) is 27.2. The van der Waals surface area contributed by atoms with E-state index in [0.29, 0.717) is 11.3 Å². The van der Waals surface area contributed by atoms with Gasteiger partial charge in [-0.3, -0.25) is 4.79 Å². The van der Waals surface area contributed by atoms with Crippen LogP contribution in [0.3, 0.4) is 0 Å². The normalized spacial score (nSPS) is 13.7. The molecule has 3 heterocycles. The van der Waals surface area contributed by atoms with Crippen molar-refractivity contribution in [3.63, 3.8) is 0 Å². The number of fused-ring (bicyclic) bond motifs is 1. The second-order valence-electron chi connectivity index (χ2n) is 9.64. The Balaban J connectivity index is 1.13. The first-order valence-corrected chi connectivity index (χ1v) is 13.3. The highest BCUT2D eigenvalue weighted by molar-refractivity contribution is 6.07. The monoisotopic (exact) mass is 515 g/mol. The first-order valence-electron chi connectivity index (χ1n) is 13.3. The Hall–Kier alpha value is -4.78. The Labute approximate surface area is 227 Å². The number of nitrogens with zero attached hydrogens (tertiary/aromatic N) is 5. The summed E-state index contributed by atoms with van der Waals surface area (Å²) in [6.07, 6.45) is 8.95. The molecular formula is C32H29N5O2. The van der Waals surface area contributed by atoms with E-state index in [1.165, 1.54) is 6.42 Å². The smallest absolute Gasteiger partial charge is 0.185 e. The molecule has 0 radical (unpaired) electrons. The lowest BCUT2D eigenvalue weighted by molar-refractivity contribution is 0.104. The summed E-state index contributed by atoms with van der Waals surface area (Å²) in [5, 5.41) is 9.41. The third-order valence-corrected chi connectivity index (χ3v) is 6.89. The van der Waals surface area contributed by atoms with Gasteiger partial charge in [0.05, 0.1) is 17.4 Å². The van der Waals surface area contributed by atoms with Crippen LogP contribution >= 0.6 is 0 Å². The summed E-state index contributed by atoms with van der Waals surface area (Å²) in [4.78, 5) is 20.3. The maximum Gasteiger partial charge on any atom is 0.185 e. The van der Waals surface area contributed by atoms with Crippen molar-refractivity contribution < 1.29 is 9.53 Å². The molecular weight excluding hydrogens is 486 g/mol. The molecule has 0 N–H and O–H groups in total. The Morgan fingerprint density at radius 3 is 2.49 bits per heavy atom. The summed E-state index contributed by atoms with van der Waals surface area (Å²) >= 11 is 0. The van der Waals surface area contributed by atoms with E-state index in [0.717, 1.165) is 59.6 Å². The van der Waals surface area contributed by atoms with Crippen molar-refractivity contribution >= 4 is 28.6 Å². The van der Waals surface area contributed by atoms with Gasteiger partial charge in [0.1, 0.15) is 23.9 Å². The van der Waals surface area contributed by atoms with Gasteiger partial charge >= 0.3 is 0 Å². The van der Waals surface area contributed by atoms with Gasteiger partial charge in [-0.2, -0.15) is 0 Å². The van der Waals surface area contributed by atoms with E-state index >= 15 is 0 Å². The second-order valence-corrected chi connectivity index (χ2v) is 9.64. The predicted octanol–water partition coefficient (Wildman–Crippen LogP) is 6.28. The molecule has 7 nitrogen and oxygen atoms in total. The van der Waals surface area contributed by atoms with Gasteiger partial charge in [0.15, 0.2) is 5.78 Å². The summed E-state index contributed by atoms with van der Waals surface area (Å²) in [6.45, 7) is 2.27. The number of rotatable bonds is 8. The van der Waals surface area contributed by atoms with E-state index < -0.39 is 0 Å². The average molecular weight is 516 g/mol. The second kappa shape index (κ2) is 11.3. The molecule has 0 unspecified atom stereocenters. The summed E-state index contributed by atoms with van der Waals surface area (Å²) < 4.78 is 7.59. The molecule has 1 fully saturated rings. The minimum absolute atomic E-state index is 0.0647. The molecule has 1 aliphatic rings. The molecule has 194 valence electrons. The zero-order valence-corrected chi connectivity index (χ0v) is 21.6. The highest BCUT2D eigenvalue weighted by Crippen LogP contribution is 2.27. The molecule has 0 spiro atoms. The number of carbonyl (C=O) groups excluding carboxylic acids is 1. The number of hydrogen-bond acceptors (Lipinski definition) is 6. The minimum Gasteiger partial charge on any atom is -0.487 e. The molecule has 0 aliphatic carbocycles. The number of anilines is 1. The van der Waals surface area contributed by atoms with Crippen LogP contribution in [0.15, 0.2) is 97.2 Å². The number of allylic oxidation sites excluding steroid dienone is 1. The molecule has 2 aromatic heterocycles. The van der Waals surface area contributed by atoms with Crippen LogP contribution in [0.4, 0.5) is 5.82 Å². The molecule has 1 aliphatic heterocycles. The standard InChI is InChI=1S/C32H29N5O2/c38-31(18-15-26-21-25-9-5-6-12-30(25)33-32(26)36-19-7-2-8-20-36)24-13-16-29(17-14-24)39-23-27-22-37(35-34-27)28-10-3-1-4-11-28/h1,3-6,9-18,21-22H,2,7-8,19-20,23H2/b18-15+. The van der Waals surface area contributed by atoms with Crippen molar-refractivity contribution in [2.75, 3.05) is 18.0 Å². The molecule has 1 saturated heterocycles. The molecule has 5 aromatic rings. The van der Waals surface area contributed by atoms with Crippen molar-refractivity contribution in [3.05, 3.63) is 114 Å². The third-order valence-electron chi connectivity index (χ3n) is 6.89. The molecule has 3 aromatic carbocycles. The van der Waals surface area contributed by atoms with Gasteiger partial charge in [-0.15, -0.1) is 5.10 Å². The number of benzene rings is 3.